The van der Waals surface area contributed by atoms with Gasteiger partial charge in [-0.15, -0.1) is 0 Å². The highest BCUT2D eigenvalue weighted by atomic mass is 79.9. The minimum absolute atomic E-state index is 0.0337. The maximum Gasteiger partial charge on any atom is 0.143 e. The number of alkyl halides is 1. The van der Waals surface area contributed by atoms with Crippen molar-refractivity contribution in [3.05, 3.63) is 59.9 Å². The zero-order valence-corrected chi connectivity index (χ0v) is 14.7. The van der Waals surface area contributed by atoms with E-state index in [-0.39, 0.29) is 5.41 Å². The van der Waals surface area contributed by atoms with E-state index < -0.39 is 0 Å². The third-order valence-corrected chi connectivity index (χ3v) is 4.61. The molecule has 0 aliphatic rings. The zero-order valence-electron chi connectivity index (χ0n) is 13.1. The lowest BCUT2D eigenvalue weighted by Crippen LogP contribution is -2.12. The van der Waals surface area contributed by atoms with Gasteiger partial charge in [0.25, 0.3) is 0 Å². The van der Waals surface area contributed by atoms with Crippen LogP contribution in [-0.2, 0) is 10.7 Å². The number of benzene rings is 2. The molecule has 0 radical (unpaired) electrons. The van der Waals surface area contributed by atoms with Crippen molar-refractivity contribution in [2.45, 2.75) is 31.5 Å². The van der Waals surface area contributed by atoms with Crippen molar-refractivity contribution in [2.75, 3.05) is 0 Å². The molecule has 0 atom stereocenters. The average molecular weight is 358 g/mol. The van der Waals surface area contributed by atoms with Crippen LogP contribution in [0.5, 0.6) is 5.75 Å². The van der Waals surface area contributed by atoms with Gasteiger partial charge in [0.05, 0.1) is 5.69 Å². The van der Waals surface area contributed by atoms with E-state index in [9.17, 15) is 5.11 Å². The predicted octanol–water partition coefficient (Wildman–Crippen LogP) is 5.53. The van der Waals surface area contributed by atoms with Crippen LogP contribution in [0.15, 0.2) is 48.8 Å². The lowest BCUT2D eigenvalue weighted by molar-refractivity contribution is 0.466. The minimum atomic E-state index is 0.0337. The molecule has 0 unspecified atom stereocenters. The highest BCUT2D eigenvalue weighted by Crippen LogP contribution is 2.35. The third-order valence-electron chi connectivity index (χ3n) is 4.01. The number of fused-ring (bicyclic) bond motifs is 1. The lowest BCUT2D eigenvalue weighted by atomic mass is 9.85. The Balaban J connectivity index is 2.24. The van der Waals surface area contributed by atoms with Crippen LogP contribution >= 0.6 is 15.9 Å². The van der Waals surface area contributed by atoms with Crippen LogP contribution in [0.4, 0.5) is 0 Å². The van der Waals surface area contributed by atoms with Crippen LogP contribution in [0.2, 0.25) is 0 Å². The van der Waals surface area contributed by atoms with Crippen LogP contribution in [0.3, 0.4) is 0 Å². The van der Waals surface area contributed by atoms with Crippen molar-refractivity contribution < 1.29 is 5.11 Å². The second-order valence-electron chi connectivity index (χ2n) is 6.68. The molecule has 0 spiro atoms. The highest BCUT2D eigenvalue weighted by molar-refractivity contribution is 9.08. The van der Waals surface area contributed by atoms with Crippen molar-refractivity contribution in [3.63, 3.8) is 0 Å². The smallest absolute Gasteiger partial charge is 0.143 e. The molecule has 0 aliphatic heterocycles. The molecule has 3 rings (SSSR count). The molecule has 0 saturated heterocycles. The van der Waals surface area contributed by atoms with Gasteiger partial charge in [0.1, 0.15) is 5.75 Å². The summed E-state index contributed by atoms with van der Waals surface area (Å²) in [5.41, 5.74) is 3.00. The molecule has 22 heavy (non-hydrogen) atoms. The summed E-state index contributed by atoms with van der Waals surface area (Å²) in [6, 6.07) is 12.4. The number of nitrogens with zero attached hydrogens (tertiary/aromatic N) is 1. The predicted molar refractivity (Wildman–Crippen MR) is 96.3 cm³/mol. The second-order valence-corrected chi connectivity index (χ2v) is 7.24. The molecule has 0 saturated carbocycles. The Hall–Kier alpha value is -1.74. The van der Waals surface area contributed by atoms with Gasteiger partial charge >= 0.3 is 0 Å². The van der Waals surface area contributed by atoms with Crippen LogP contribution < -0.4 is 0 Å². The summed E-state index contributed by atoms with van der Waals surface area (Å²) >= 11 is 3.48. The van der Waals surface area contributed by atoms with E-state index >= 15 is 0 Å². The molecule has 0 amide bonds. The van der Waals surface area contributed by atoms with Crippen molar-refractivity contribution in [1.82, 2.24) is 4.57 Å². The van der Waals surface area contributed by atoms with E-state index in [1.165, 1.54) is 16.3 Å². The van der Waals surface area contributed by atoms with Gasteiger partial charge in [0.15, 0.2) is 0 Å². The number of halogens is 1. The molecule has 1 heterocycles. The van der Waals surface area contributed by atoms with E-state index in [0.717, 1.165) is 11.3 Å². The minimum Gasteiger partial charge on any atom is -0.505 e. The lowest BCUT2D eigenvalue weighted by Gasteiger charge is -2.22. The highest BCUT2D eigenvalue weighted by Gasteiger charge is 2.19. The molecular weight excluding hydrogens is 338 g/mol. The molecule has 0 fully saturated rings. The van der Waals surface area contributed by atoms with Crippen molar-refractivity contribution in [3.8, 4) is 11.4 Å². The Labute approximate surface area is 139 Å². The van der Waals surface area contributed by atoms with E-state index in [2.05, 4.69) is 73.4 Å². The Bertz CT molecular complexity index is 794. The van der Waals surface area contributed by atoms with E-state index in [4.69, 9.17) is 0 Å². The summed E-state index contributed by atoms with van der Waals surface area (Å²) in [7, 11) is 0. The maximum atomic E-state index is 10.6. The van der Waals surface area contributed by atoms with E-state index in [0.29, 0.717) is 11.1 Å². The quantitative estimate of drug-likeness (QED) is 0.599. The van der Waals surface area contributed by atoms with E-state index in [1.54, 1.807) is 0 Å². The topological polar surface area (TPSA) is 25.2 Å². The normalized spacial score (nSPS) is 12.0. The largest absolute Gasteiger partial charge is 0.505 e. The Morgan fingerprint density at radius 2 is 1.64 bits per heavy atom. The fraction of sp³-hybridized carbons (Fsp3) is 0.263. The van der Waals surface area contributed by atoms with Crippen LogP contribution in [0.25, 0.3) is 16.5 Å². The standard InChI is InChI=1S/C19H20BrNO/c1-19(2,3)16-8-15(10-20)18(22)17(9-16)21-11-13-6-4-5-7-14(13)12-21/h4-9,11-12,22H,10H2,1-3H3. The van der Waals surface area contributed by atoms with Gasteiger partial charge in [-0.2, -0.15) is 0 Å². The number of phenols is 1. The van der Waals surface area contributed by atoms with Crippen LogP contribution in [0.1, 0.15) is 31.9 Å². The van der Waals surface area contributed by atoms with E-state index in [1.807, 2.05) is 16.7 Å². The summed E-state index contributed by atoms with van der Waals surface area (Å²) in [4.78, 5) is 0. The fourth-order valence-electron chi connectivity index (χ4n) is 2.63. The first-order valence-corrected chi connectivity index (χ1v) is 8.52. The van der Waals surface area contributed by atoms with Gasteiger partial charge in [0.2, 0.25) is 0 Å². The molecular formula is C19H20BrNO. The van der Waals surface area contributed by atoms with Gasteiger partial charge in [-0.3, -0.25) is 0 Å². The summed E-state index contributed by atoms with van der Waals surface area (Å²) in [5.74, 6) is 0.338. The van der Waals surface area contributed by atoms with Crippen LogP contribution in [0, 0.1) is 0 Å². The number of aromatic hydroxyl groups is 1. The first kappa shape index (κ1) is 15.2. The van der Waals surface area contributed by atoms with Crippen molar-refractivity contribution in [1.29, 1.82) is 0 Å². The number of aromatic nitrogens is 1. The number of hydrogen-bond acceptors (Lipinski definition) is 1. The van der Waals surface area contributed by atoms with Gasteiger partial charge in [0, 0.05) is 23.3 Å². The summed E-state index contributed by atoms with van der Waals surface area (Å²) in [6.07, 6.45) is 4.13. The monoisotopic (exact) mass is 357 g/mol. The van der Waals surface area contributed by atoms with Crippen molar-refractivity contribution >= 4 is 26.7 Å². The first-order valence-electron chi connectivity index (χ1n) is 7.39. The number of rotatable bonds is 2. The molecule has 1 aromatic heterocycles. The molecule has 0 aliphatic carbocycles. The number of hydrogen-bond donors (Lipinski definition) is 1. The molecule has 3 aromatic rings. The van der Waals surface area contributed by atoms with Gasteiger partial charge < -0.3 is 9.67 Å². The molecule has 114 valence electrons. The summed E-state index contributed by atoms with van der Waals surface area (Å²) in [5, 5.41) is 13.6. The first-order chi connectivity index (χ1) is 10.4. The average Bonchev–Trinajstić information content (AvgIpc) is 2.89. The van der Waals surface area contributed by atoms with Gasteiger partial charge in [-0.25, -0.2) is 0 Å². The molecule has 2 nitrogen and oxygen atoms in total. The second kappa shape index (κ2) is 5.47. The van der Waals surface area contributed by atoms with Gasteiger partial charge in [-0.1, -0.05) is 67.0 Å². The Morgan fingerprint density at radius 3 is 2.14 bits per heavy atom. The number of phenolic OH excluding ortho intramolecular Hbond substituents is 1. The zero-order chi connectivity index (χ0) is 15.9. The Kier molecular flexibility index (Phi) is 3.77. The molecule has 2 aromatic carbocycles. The molecule has 0 bridgehead atoms. The Morgan fingerprint density at radius 1 is 1.05 bits per heavy atom. The maximum absolute atomic E-state index is 10.6. The van der Waals surface area contributed by atoms with Crippen LogP contribution in [-0.4, -0.2) is 9.67 Å². The SMILES string of the molecule is CC(C)(C)c1cc(CBr)c(O)c(-n2cc3ccccc3c2)c1. The van der Waals surface area contributed by atoms with Crippen molar-refractivity contribution in [2.24, 2.45) is 0 Å². The summed E-state index contributed by atoms with van der Waals surface area (Å²) in [6.45, 7) is 6.56. The third kappa shape index (κ3) is 2.66. The fourth-order valence-corrected chi connectivity index (χ4v) is 3.06. The van der Waals surface area contributed by atoms with Gasteiger partial charge in [-0.05, 0) is 27.8 Å². The molecule has 1 N–H and O–H groups in total. The molecule has 3 heteroatoms. The summed E-state index contributed by atoms with van der Waals surface area (Å²) < 4.78 is 2.02.